The third-order valence-corrected chi connectivity index (χ3v) is 2.58. The Bertz CT molecular complexity index is 670. The molecule has 0 aromatic heterocycles. The zero-order chi connectivity index (χ0) is 20.8. The minimum atomic E-state index is -0.859. The van der Waals surface area contributed by atoms with Crippen molar-refractivity contribution in [1.82, 2.24) is 10.6 Å². The third kappa shape index (κ3) is 10.1. The van der Waals surface area contributed by atoms with Gasteiger partial charge in [-0.1, -0.05) is 0 Å². The first-order valence-electron chi connectivity index (χ1n) is 8.23. The Balaban J connectivity index is 2.94. The van der Waals surface area contributed by atoms with Crippen molar-refractivity contribution in [2.24, 2.45) is 4.99 Å². The number of amides is 2. The number of hydrogen-bond acceptors (Lipinski definition) is 5. The van der Waals surface area contributed by atoms with Crippen LogP contribution in [0.1, 0.15) is 47.1 Å². The van der Waals surface area contributed by atoms with Gasteiger partial charge in [-0.3, -0.25) is 10.6 Å². The molecule has 0 aliphatic heterocycles. The standard InChI is InChI=1S/C18H25F2N3O4/c1-17(2,3)26-15(24)22-14(23-16(25)27-18(4,5)6)21-10-11-7-12(19)9-13(20)8-11/h7-9H,10H2,1-6H3,(H2,21,22,23,24,25). The highest BCUT2D eigenvalue weighted by Gasteiger charge is 2.21. The van der Waals surface area contributed by atoms with Crippen LogP contribution in [0.5, 0.6) is 0 Å². The number of guanidine groups is 1. The molecule has 0 aliphatic carbocycles. The lowest BCUT2D eigenvalue weighted by Gasteiger charge is -2.22. The average molecular weight is 385 g/mol. The molecular formula is C18H25F2N3O4. The highest BCUT2D eigenvalue weighted by molar-refractivity contribution is 6.01. The zero-order valence-electron chi connectivity index (χ0n) is 16.3. The summed E-state index contributed by atoms with van der Waals surface area (Å²) in [5.41, 5.74) is -1.33. The Morgan fingerprint density at radius 2 is 1.30 bits per heavy atom. The van der Waals surface area contributed by atoms with Crippen molar-refractivity contribution in [2.75, 3.05) is 0 Å². The van der Waals surface area contributed by atoms with E-state index in [9.17, 15) is 18.4 Å². The van der Waals surface area contributed by atoms with E-state index < -0.39 is 35.0 Å². The molecule has 7 nitrogen and oxygen atoms in total. The van der Waals surface area contributed by atoms with Crippen molar-refractivity contribution in [1.29, 1.82) is 0 Å². The summed E-state index contributed by atoms with van der Waals surface area (Å²) < 4.78 is 36.7. The van der Waals surface area contributed by atoms with Crippen LogP contribution in [0, 0.1) is 11.6 Å². The van der Waals surface area contributed by atoms with Gasteiger partial charge in [-0.05, 0) is 59.2 Å². The van der Waals surface area contributed by atoms with E-state index in [4.69, 9.17) is 9.47 Å². The number of carbonyl (C=O) groups is 2. The molecule has 0 radical (unpaired) electrons. The van der Waals surface area contributed by atoms with Crippen LogP contribution in [0.25, 0.3) is 0 Å². The van der Waals surface area contributed by atoms with Gasteiger partial charge in [0.2, 0.25) is 5.96 Å². The molecule has 0 fully saturated rings. The Labute approximate surface area is 157 Å². The third-order valence-electron chi connectivity index (χ3n) is 2.58. The molecule has 0 heterocycles. The number of carbonyl (C=O) groups excluding carboxylic acids is 2. The van der Waals surface area contributed by atoms with Gasteiger partial charge in [-0.2, -0.15) is 0 Å². The molecule has 0 spiro atoms. The molecule has 1 rings (SSSR count). The molecule has 0 bridgehead atoms. The minimum Gasteiger partial charge on any atom is -0.444 e. The fourth-order valence-corrected chi connectivity index (χ4v) is 1.78. The van der Waals surface area contributed by atoms with Gasteiger partial charge in [0, 0.05) is 6.07 Å². The number of rotatable bonds is 2. The second-order valence-electron chi connectivity index (χ2n) is 7.70. The molecule has 0 unspecified atom stereocenters. The van der Waals surface area contributed by atoms with E-state index in [0.29, 0.717) is 0 Å². The van der Waals surface area contributed by atoms with Gasteiger partial charge in [-0.25, -0.2) is 23.4 Å². The number of ether oxygens (including phenoxy) is 2. The second-order valence-corrected chi connectivity index (χ2v) is 7.70. The zero-order valence-corrected chi connectivity index (χ0v) is 16.3. The number of aliphatic imine (C=N–C) groups is 1. The van der Waals surface area contributed by atoms with E-state index in [-0.39, 0.29) is 18.1 Å². The summed E-state index contributed by atoms with van der Waals surface area (Å²) in [5, 5.41) is 4.56. The van der Waals surface area contributed by atoms with E-state index in [2.05, 4.69) is 15.6 Å². The van der Waals surface area contributed by atoms with Crippen molar-refractivity contribution in [3.63, 3.8) is 0 Å². The summed E-state index contributed by atoms with van der Waals surface area (Å²) in [6.07, 6.45) is -1.72. The van der Waals surface area contributed by atoms with Crippen molar-refractivity contribution in [3.8, 4) is 0 Å². The van der Waals surface area contributed by atoms with Gasteiger partial charge in [-0.15, -0.1) is 0 Å². The van der Waals surface area contributed by atoms with Crippen LogP contribution in [0.2, 0.25) is 0 Å². The predicted octanol–water partition coefficient (Wildman–Crippen LogP) is 3.87. The van der Waals surface area contributed by atoms with Crippen LogP contribution in [0.15, 0.2) is 23.2 Å². The van der Waals surface area contributed by atoms with Crippen LogP contribution in [-0.2, 0) is 16.0 Å². The SMILES string of the molecule is CC(C)(C)OC(=O)NC(=NCc1cc(F)cc(F)c1)NC(=O)OC(C)(C)C. The van der Waals surface area contributed by atoms with Gasteiger partial charge in [0.15, 0.2) is 0 Å². The highest BCUT2D eigenvalue weighted by Crippen LogP contribution is 2.10. The highest BCUT2D eigenvalue weighted by atomic mass is 19.1. The summed E-state index contributed by atoms with van der Waals surface area (Å²) in [5.74, 6) is -1.80. The summed E-state index contributed by atoms with van der Waals surface area (Å²) in [7, 11) is 0. The lowest BCUT2D eigenvalue weighted by molar-refractivity contribution is 0.0545. The molecule has 2 N–H and O–H groups in total. The van der Waals surface area contributed by atoms with E-state index in [1.165, 1.54) is 0 Å². The van der Waals surface area contributed by atoms with Gasteiger partial charge < -0.3 is 9.47 Å². The van der Waals surface area contributed by atoms with E-state index >= 15 is 0 Å². The minimum absolute atomic E-state index is 0.199. The Morgan fingerprint density at radius 3 is 1.67 bits per heavy atom. The molecule has 0 saturated carbocycles. The fraction of sp³-hybridized carbons (Fsp3) is 0.500. The Kier molecular flexibility index (Phi) is 7.27. The smallest absolute Gasteiger partial charge is 0.414 e. The van der Waals surface area contributed by atoms with Crippen LogP contribution in [0.3, 0.4) is 0 Å². The van der Waals surface area contributed by atoms with Crippen molar-refractivity contribution < 1.29 is 27.8 Å². The van der Waals surface area contributed by atoms with Crippen LogP contribution in [0.4, 0.5) is 18.4 Å². The summed E-state index contributed by atoms with van der Waals surface area (Å²) in [6, 6.07) is 2.91. The molecule has 1 aromatic carbocycles. The maximum Gasteiger partial charge on any atom is 0.414 e. The molecule has 0 saturated heterocycles. The number of halogens is 2. The molecule has 0 atom stereocenters. The monoisotopic (exact) mass is 385 g/mol. The summed E-state index contributed by atoms with van der Waals surface area (Å²) in [6.45, 7) is 9.80. The summed E-state index contributed by atoms with van der Waals surface area (Å²) in [4.78, 5) is 27.8. The van der Waals surface area contributed by atoms with Crippen LogP contribution < -0.4 is 10.6 Å². The van der Waals surface area contributed by atoms with Gasteiger partial charge in [0.05, 0.1) is 6.54 Å². The first-order chi connectivity index (χ1) is 12.2. The molecule has 150 valence electrons. The van der Waals surface area contributed by atoms with E-state index in [1.54, 1.807) is 41.5 Å². The van der Waals surface area contributed by atoms with E-state index in [1.807, 2.05) is 0 Å². The summed E-state index contributed by atoms with van der Waals surface area (Å²) >= 11 is 0. The number of alkyl carbamates (subject to hydrolysis) is 2. The largest absolute Gasteiger partial charge is 0.444 e. The predicted molar refractivity (Wildman–Crippen MR) is 96.2 cm³/mol. The lowest BCUT2D eigenvalue weighted by Crippen LogP contribution is -2.47. The molecule has 0 aliphatic rings. The quantitative estimate of drug-likeness (QED) is 0.597. The second kappa shape index (κ2) is 8.79. The normalized spacial score (nSPS) is 11.4. The molecular weight excluding hydrogens is 360 g/mol. The van der Waals surface area contributed by atoms with Crippen molar-refractivity contribution in [2.45, 2.75) is 59.3 Å². The number of nitrogens with zero attached hydrogens (tertiary/aromatic N) is 1. The number of hydrogen-bond donors (Lipinski definition) is 2. The first kappa shape index (κ1) is 22.3. The molecule has 1 aromatic rings. The van der Waals surface area contributed by atoms with Gasteiger partial charge >= 0.3 is 12.2 Å². The van der Waals surface area contributed by atoms with Crippen molar-refractivity contribution >= 4 is 18.1 Å². The maximum absolute atomic E-state index is 13.3. The first-order valence-corrected chi connectivity index (χ1v) is 8.23. The number of benzene rings is 1. The Morgan fingerprint density at radius 1 is 0.889 bits per heavy atom. The van der Waals surface area contributed by atoms with Crippen LogP contribution in [-0.4, -0.2) is 29.3 Å². The molecule has 2 amide bonds. The van der Waals surface area contributed by atoms with Crippen LogP contribution >= 0.6 is 0 Å². The molecule has 27 heavy (non-hydrogen) atoms. The van der Waals surface area contributed by atoms with Crippen molar-refractivity contribution in [3.05, 3.63) is 35.4 Å². The van der Waals surface area contributed by atoms with Gasteiger partial charge in [0.1, 0.15) is 22.8 Å². The average Bonchev–Trinajstić information content (AvgIpc) is 2.39. The fourth-order valence-electron chi connectivity index (χ4n) is 1.78. The number of nitrogens with one attached hydrogen (secondary N) is 2. The Hall–Kier alpha value is -2.71. The lowest BCUT2D eigenvalue weighted by atomic mass is 10.2. The maximum atomic E-state index is 13.3. The van der Waals surface area contributed by atoms with Gasteiger partial charge in [0.25, 0.3) is 0 Å². The molecule has 9 heteroatoms. The topological polar surface area (TPSA) is 89.0 Å². The van der Waals surface area contributed by atoms with E-state index in [0.717, 1.165) is 18.2 Å².